The van der Waals surface area contributed by atoms with Crippen molar-refractivity contribution >= 4 is 33.3 Å². The van der Waals surface area contributed by atoms with Crippen LogP contribution in [0.4, 0.5) is 5.82 Å². The minimum absolute atomic E-state index is 0.00973. The Morgan fingerprint density at radius 2 is 1.76 bits per heavy atom. The van der Waals surface area contributed by atoms with Crippen molar-refractivity contribution in [2.24, 2.45) is 7.05 Å². The highest BCUT2D eigenvalue weighted by Gasteiger charge is 2.21. The van der Waals surface area contributed by atoms with E-state index >= 15 is 0 Å². The van der Waals surface area contributed by atoms with Crippen LogP contribution in [0.3, 0.4) is 0 Å². The van der Waals surface area contributed by atoms with Gasteiger partial charge < -0.3 is 14.8 Å². The molecule has 0 aliphatic carbocycles. The highest BCUT2D eigenvalue weighted by atomic mass is 32.1. The van der Waals surface area contributed by atoms with Gasteiger partial charge in [-0.15, -0.1) is 0 Å². The molecule has 4 aromatic rings. The monoisotopic (exact) mass is 473 g/mol. The first-order valence-electron chi connectivity index (χ1n) is 11.9. The van der Waals surface area contributed by atoms with Crippen LogP contribution in [-0.2, 0) is 7.05 Å². The normalized spacial score (nSPS) is 14.6. The molecule has 1 N–H and O–H groups in total. The minimum Gasteiger partial charge on any atom is -0.353 e. The van der Waals surface area contributed by atoms with E-state index in [1.54, 1.807) is 11.5 Å². The van der Waals surface area contributed by atoms with Gasteiger partial charge in [-0.05, 0) is 55.2 Å². The van der Waals surface area contributed by atoms with Crippen LogP contribution in [0.1, 0.15) is 22.5 Å². The SMILES string of the molecule is Cc1c(C(=O)NCCCN2CCN(c3nsc4ccccc34)CC2)cc(-c2ccccc2)n1C. The number of piperazine rings is 1. The number of benzene rings is 2. The van der Waals surface area contributed by atoms with Gasteiger partial charge in [0.1, 0.15) is 5.82 Å². The average Bonchev–Trinajstić information content (AvgIpc) is 3.44. The molecule has 0 bridgehead atoms. The molecular formula is C27H31N5OS. The van der Waals surface area contributed by atoms with Gasteiger partial charge in [0, 0.05) is 56.5 Å². The fourth-order valence-electron chi connectivity index (χ4n) is 4.70. The molecule has 0 radical (unpaired) electrons. The summed E-state index contributed by atoms with van der Waals surface area (Å²) in [5.41, 5.74) is 3.93. The van der Waals surface area contributed by atoms with Crippen LogP contribution in [0.15, 0.2) is 60.7 Å². The number of anilines is 1. The Labute approximate surface area is 205 Å². The molecular weight excluding hydrogens is 442 g/mol. The van der Waals surface area contributed by atoms with E-state index in [1.165, 1.54) is 10.1 Å². The summed E-state index contributed by atoms with van der Waals surface area (Å²) in [6.45, 7) is 7.72. The number of amides is 1. The van der Waals surface area contributed by atoms with Crippen LogP contribution >= 0.6 is 11.5 Å². The summed E-state index contributed by atoms with van der Waals surface area (Å²) in [5.74, 6) is 1.14. The van der Waals surface area contributed by atoms with E-state index in [-0.39, 0.29) is 5.91 Å². The molecule has 0 unspecified atom stereocenters. The fourth-order valence-corrected chi connectivity index (χ4v) is 5.49. The maximum Gasteiger partial charge on any atom is 0.253 e. The number of hydrogen-bond donors (Lipinski definition) is 1. The summed E-state index contributed by atoms with van der Waals surface area (Å²) in [6, 6.07) is 20.7. The molecule has 3 heterocycles. The number of hydrogen-bond acceptors (Lipinski definition) is 5. The van der Waals surface area contributed by atoms with Crippen LogP contribution in [-0.4, -0.2) is 59.0 Å². The third-order valence-corrected chi connectivity index (χ3v) is 7.63. The lowest BCUT2D eigenvalue weighted by molar-refractivity contribution is 0.0950. The molecule has 0 spiro atoms. The second-order valence-corrected chi connectivity index (χ2v) is 9.70. The van der Waals surface area contributed by atoms with Crippen molar-refractivity contribution in [2.75, 3.05) is 44.2 Å². The molecule has 6 nitrogen and oxygen atoms in total. The van der Waals surface area contributed by atoms with E-state index in [9.17, 15) is 4.79 Å². The molecule has 1 amide bonds. The number of carbonyl (C=O) groups excluding carboxylic acids is 1. The van der Waals surface area contributed by atoms with Crippen LogP contribution in [0.5, 0.6) is 0 Å². The Hall–Kier alpha value is -3.16. The molecule has 2 aromatic heterocycles. The Morgan fingerprint density at radius 1 is 1.03 bits per heavy atom. The molecule has 2 aromatic carbocycles. The largest absolute Gasteiger partial charge is 0.353 e. The minimum atomic E-state index is 0.00973. The molecule has 0 atom stereocenters. The van der Waals surface area contributed by atoms with Gasteiger partial charge in [0.2, 0.25) is 0 Å². The van der Waals surface area contributed by atoms with Gasteiger partial charge in [-0.1, -0.05) is 42.5 Å². The standard InChI is InChI=1S/C27H31N5OS/c1-20-23(19-24(30(20)2)21-9-4-3-5-10-21)27(33)28-13-8-14-31-15-17-32(18-16-31)26-22-11-6-7-12-25(22)34-29-26/h3-7,9-12,19H,8,13-18H2,1-2H3,(H,28,33). The number of fused-ring (bicyclic) bond motifs is 1. The molecule has 1 saturated heterocycles. The van der Waals surface area contributed by atoms with E-state index in [0.717, 1.165) is 67.5 Å². The predicted octanol–water partition coefficient (Wildman–Crippen LogP) is 4.55. The predicted molar refractivity (Wildman–Crippen MR) is 141 cm³/mol. The zero-order chi connectivity index (χ0) is 23.5. The molecule has 5 rings (SSSR count). The van der Waals surface area contributed by atoms with Gasteiger partial charge in [-0.2, -0.15) is 4.37 Å². The maximum atomic E-state index is 12.8. The molecule has 1 aliphatic rings. The first-order valence-corrected chi connectivity index (χ1v) is 12.7. The number of nitrogens with one attached hydrogen (secondary N) is 1. The quantitative estimate of drug-likeness (QED) is 0.400. The van der Waals surface area contributed by atoms with E-state index in [0.29, 0.717) is 6.54 Å². The Balaban J connectivity index is 1.09. The van der Waals surface area contributed by atoms with Crippen LogP contribution in [0.25, 0.3) is 21.3 Å². The van der Waals surface area contributed by atoms with Crippen molar-refractivity contribution in [3.8, 4) is 11.3 Å². The number of nitrogens with zero attached hydrogens (tertiary/aromatic N) is 4. The number of aromatic nitrogens is 2. The zero-order valence-electron chi connectivity index (χ0n) is 19.8. The van der Waals surface area contributed by atoms with Gasteiger partial charge in [-0.25, -0.2) is 0 Å². The summed E-state index contributed by atoms with van der Waals surface area (Å²) in [7, 11) is 2.02. The average molecular weight is 474 g/mol. The molecule has 1 aliphatic heterocycles. The highest BCUT2D eigenvalue weighted by Crippen LogP contribution is 2.30. The smallest absolute Gasteiger partial charge is 0.253 e. The van der Waals surface area contributed by atoms with Crippen molar-refractivity contribution in [1.29, 1.82) is 0 Å². The first-order chi connectivity index (χ1) is 16.6. The summed E-state index contributed by atoms with van der Waals surface area (Å²) < 4.78 is 8.04. The fraction of sp³-hybridized carbons (Fsp3) is 0.333. The van der Waals surface area contributed by atoms with E-state index in [2.05, 4.69) is 56.1 Å². The Kier molecular flexibility index (Phi) is 6.65. The Bertz CT molecular complexity index is 1270. The van der Waals surface area contributed by atoms with Crippen LogP contribution < -0.4 is 10.2 Å². The lowest BCUT2D eigenvalue weighted by Gasteiger charge is -2.35. The van der Waals surface area contributed by atoms with Crippen molar-refractivity contribution in [3.63, 3.8) is 0 Å². The highest BCUT2D eigenvalue weighted by molar-refractivity contribution is 7.13. The van der Waals surface area contributed by atoms with Gasteiger partial charge in [-0.3, -0.25) is 9.69 Å². The zero-order valence-corrected chi connectivity index (χ0v) is 20.6. The summed E-state index contributed by atoms with van der Waals surface area (Å²) in [5, 5.41) is 4.38. The van der Waals surface area contributed by atoms with E-state index in [4.69, 9.17) is 4.37 Å². The molecule has 7 heteroatoms. The lowest BCUT2D eigenvalue weighted by Crippen LogP contribution is -2.47. The second-order valence-electron chi connectivity index (χ2n) is 8.89. The third kappa shape index (κ3) is 4.58. The van der Waals surface area contributed by atoms with Crippen molar-refractivity contribution in [3.05, 3.63) is 71.9 Å². The lowest BCUT2D eigenvalue weighted by atomic mass is 10.1. The third-order valence-electron chi connectivity index (χ3n) is 6.82. The van der Waals surface area contributed by atoms with Crippen LogP contribution in [0.2, 0.25) is 0 Å². The van der Waals surface area contributed by atoms with Gasteiger partial charge in [0.25, 0.3) is 5.91 Å². The second kappa shape index (κ2) is 9.99. The number of carbonyl (C=O) groups is 1. The topological polar surface area (TPSA) is 53.4 Å². The van der Waals surface area contributed by atoms with Crippen molar-refractivity contribution in [2.45, 2.75) is 13.3 Å². The molecule has 0 saturated carbocycles. The molecule has 176 valence electrons. The van der Waals surface area contributed by atoms with Gasteiger partial charge in [0.15, 0.2) is 0 Å². The van der Waals surface area contributed by atoms with Gasteiger partial charge >= 0.3 is 0 Å². The summed E-state index contributed by atoms with van der Waals surface area (Å²) in [6.07, 6.45) is 0.947. The first kappa shape index (κ1) is 22.6. The summed E-state index contributed by atoms with van der Waals surface area (Å²) >= 11 is 1.58. The maximum absolute atomic E-state index is 12.8. The van der Waals surface area contributed by atoms with E-state index in [1.807, 2.05) is 38.2 Å². The van der Waals surface area contributed by atoms with Crippen molar-refractivity contribution < 1.29 is 4.79 Å². The Morgan fingerprint density at radius 3 is 2.56 bits per heavy atom. The van der Waals surface area contributed by atoms with E-state index < -0.39 is 0 Å². The molecule has 34 heavy (non-hydrogen) atoms. The molecule has 1 fully saturated rings. The van der Waals surface area contributed by atoms with Crippen molar-refractivity contribution in [1.82, 2.24) is 19.2 Å². The van der Waals surface area contributed by atoms with Gasteiger partial charge in [0.05, 0.1) is 10.3 Å². The summed E-state index contributed by atoms with van der Waals surface area (Å²) in [4.78, 5) is 17.7. The van der Waals surface area contributed by atoms with Crippen LogP contribution in [0, 0.1) is 6.92 Å². The number of rotatable bonds is 7.